The van der Waals surface area contributed by atoms with Gasteiger partial charge in [-0.25, -0.2) is 0 Å². The average Bonchev–Trinajstić information content (AvgIpc) is 2.88. The van der Waals surface area contributed by atoms with Crippen molar-refractivity contribution in [1.82, 2.24) is 14.6 Å². The van der Waals surface area contributed by atoms with Crippen molar-refractivity contribution in [3.05, 3.63) is 30.2 Å². The number of hydrogen-bond acceptors (Lipinski definition) is 4. The number of aromatic nitrogens is 3. The Morgan fingerprint density at radius 3 is 3.07 bits per heavy atom. The molecule has 2 aromatic rings. The molecule has 0 spiro atoms. The van der Waals surface area contributed by atoms with Crippen molar-refractivity contribution in [2.24, 2.45) is 0 Å². The van der Waals surface area contributed by atoms with Crippen LogP contribution in [0.4, 0.5) is 0 Å². The highest BCUT2D eigenvalue weighted by Gasteiger charge is 2.21. The summed E-state index contributed by atoms with van der Waals surface area (Å²) < 4.78 is 12.7. The standard InChI is InChI=1S/C9H9N3O2/c1-2-7(9-13-4-5-14-9)8-11-10-6-12(8)3-1/h1-3,6,9H,4-5H2. The summed E-state index contributed by atoms with van der Waals surface area (Å²) in [7, 11) is 0. The zero-order chi connectivity index (χ0) is 9.38. The molecule has 3 heterocycles. The van der Waals surface area contributed by atoms with E-state index in [2.05, 4.69) is 10.2 Å². The van der Waals surface area contributed by atoms with Gasteiger partial charge in [0.25, 0.3) is 0 Å². The van der Waals surface area contributed by atoms with Crippen LogP contribution < -0.4 is 0 Å². The molecule has 2 aromatic heterocycles. The van der Waals surface area contributed by atoms with Crippen LogP contribution in [0.15, 0.2) is 24.7 Å². The SMILES string of the molecule is c1cc(C2OCCO2)c2nncn2c1. The largest absolute Gasteiger partial charge is 0.346 e. The van der Waals surface area contributed by atoms with Gasteiger partial charge in [0.15, 0.2) is 11.9 Å². The molecule has 0 saturated carbocycles. The van der Waals surface area contributed by atoms with E-state index in [1.165, 1.54) is 0 Å². The van der Waals surface area contributed by atoms with Crippen LogP contribution in [-0.4, -0.2) is 27.8 Å². The Morgan fingerprint density at radius 2 is 2.21 bits per heavy atom. The summed E-state index contributed by atoms with van der Waals surface area (Å²) in [6, 6.07) is 3.87. The Hall–Kier alpha value is -1.46. The van der Waals surface area contributed by atoms with Crippen LogP contribution in [-0.2, 0) is 9.47 Å². The molecule has 0 bridgehead atoms. The third-order valence-corrected chi connectivity index (χ3v) is 2.23. The maximum atomic E-state index is 5.41. The van der Waals surface area contributed by atoms with Gasteiger partial charge in [-0.15, -0.1) is 10.2 Å². The summed E-state index contributed by atoms with van der Waals surface area (Å²) in [5, 5.41) is 7.85. The molecular weight excluding hydrogens is 182 g/mol. The first kappa shape index (κ1) is 7.90. The number of hydrogen-bond donors (Lipinski definition) is 0. The zero-order valence-electron chi connectivity index (χ0n) is 7.46. The van der Waals surface area contributed by atoms with E-state index in [0.717, 1.165) is 11.2 Å². The lowest BCUT2D eigenvalue weighted by molar-refractivity contribution is -0.0433. The molecule has 3 rings (SSSR count). The van der Waals surface area contributed by atoms with Crippen LogP contribution in [0.1, 0.15) is 11.9 Å². The maximum absolute atomic E-state index is 5.41. The minimum absolute atomic E-state index is 0.289. The Kier molecular flexibility index (Phi) is 1.71. The molecule has 1 aliphatic heterocycles. The quantitative estimate of drug-likeness (QED) is 0.668. The van der Waals surface area contributed by atoms with Crippen LogP contribution in [0.5, 0.6) is 0 Å². The smallest absolute Gasteiger partial charge is 0.187 e. The summed E-state index contributed by atoms with van der Waals surface area (Å²) in [6.07, 6.45) is 3.27. The predicted molar refractivity (Wildman–Crippen MR) is 47.6 cm³/mol. The van der Waals surface area contributed by atoms with E-state index < -0.39 is 0 Å². The lowest BCUT2D eigenvalue weighted by Gasteiger charge is -2.09. The van der Waals surface area contributed by atoms with Gasteiger partial charge in [0.05, 0.1) is 18.8 Å². The van der Waals surface area contributed by atoms with Gasteiger partial charge in [-0.2, -0.15) is 0 Å². The molecule has 0 unspecified atom stereocenters. The van der Waals surface area contributed by atoms with E-state index in [0.29, 0.717) is 13.2 Å². The minimum atomic E-state index is -0.289. The topological polar surface area (TPSA) is 48.7 Å². The number of nitrogens with zero attached hydrogens (tertiary/aromatic N) is 3. The van der Waals surface area contributed by atoms with Gasteiger partial charge < -0.3 is 9.47 Å². The number of fused-ring (bicyclic) bond motifs is 1. The Labute approximate surface area is 80.3 Å². The average molecular weight is 191 g/mol. The number of rotatable bonds is 1. The molecule has 72 valence electrons. The normalized spacial score (nSPS) is 18.0. The zero-order valence-corrected chi connectivity index (χ0v) is 7.46. The van der Waals surface area contributed by atoms with Crippen molar-refractivity contribution in [3.8, 4) is 0 Å². The first-order valence-electron chi connectivity index (χ1n) is 4.46. The monoisotopic (exact) mass is 191 g/mol. The lowest BCUT2D eigenvalue weighted by atomic mass is 10.2. The molecule has 1 aliphatic rings. The molecule has 0 amide bonds. The highest BCUT2D eigenvalue weighted by Crippen LogP contribution is 2.25. The van der Waals surface area contributed by atoms with Gasteiger partial charge in [0.2, 0.25) is 0 Å². The number of ether oxygens (including phenoxy) is 2. The summed E-state index contributed by atoms with van der Waals surface area (Å²) in [5.41, 5.74) is 1.72. The Balaban J connectivity index is 2.14. The van der Waals surface area contributed by atoms with Gasteiger partial charge in [-0.1, -0.05) is 0 Å². The van der Waals surface area contributed by atoms with E-state index in [4.69, 9.17) is 9.47 Å². The number of pyridine rings is 1. The molecule has 0 N–H and O–H groups in total. The van der Waals surface area contributed by atoms with E-state index in [9.17, 15) is 0 Å². The van der Waals surface area contributed by atoms with E-state index >= 15 is 0 Å². The van der Waals surface area contributed by atoms with Gasteiger partial charge >= 0.3 is 0 Å². The summed E-state index contributed by atoms with van der Waals surface area (Å²) in [6.45, 7) is 1.28. The molecule has 0 aliphatic carbocycles. The van der Waals surface area contributed by atoms with Crippen LogP contribution in [0.2, 0.25) is 0 Å². The fraction of sp³-hybridized carbons (Fsp3) is 0.333. The van der Waals surface area contributed by atoms with Gasteiger partial charge in [0.1, 0.15) is 6.33 Å². The van der Waals surface area contributed by atoms with E-state index in [1.54, 1.807) is 6.33 Å². The van der Waals surface area contributed by atoms with E-state index in [1.807, 2.05) is 22.7 Å². The maximum Gasteiger partial charge on any atom is 0.187 e. The Bertz CT molecular complexity index is 448. The molecular formula is C9H9N3O2. The first-order chi connectivity index (χ1) is 6.95. The molecule has 5 nitrogen and oxygen atoms in total. The van der Waals surface area contributed by atoms with Crippen molar-refractivity contribution >= 4 is 5.65 Å². The van der Waals surface area contributed by atoms with Gasteiger partial charge in [-0.05, 0) is 12.1 Å². The fourth-order valence-electron chi connectivity index (χ4n) is 1.59. The van der Waals surface area contributed by atoms with Crippen LogP contribution in [0.25, 0.3) is 5.65 Å². The molecule has 5 heteroatoms. The summed E-state index contributed by atoms with van der Waals surface area (Å²) in [4.78, 5) is 0. The van der Waals surface area contributed by atoms with Gasteiger partial charge in [0, 0.05) is 6.20 Å². The fourth-order valence-corrected chi connectivity index (χ4v) is 1.59. The molecule has 0 atom stereocenters. The van der Waals surface area contributed by atoms with Crippen molar-refractivity contribution < 1.29 is 9.47 Å². The minimum Gasteiger partial charge on any atom is -0.346 e. The lowest BCUT2D eigenvalue weighted by Crippen LogP contribution is -2.01. The summed E-state index contributed by atoms with van der Waals surface area (Å²) >= 11 is 0. The summed E-state index contributed by atoms with van der Waals surface area (Å²) in [5.74, 6) is 0. The van der Waals surface area contributed by atoms with Crippen molar-refractivity contribution in [3.63, 3.8) is 0 Å². The first-order valence-corrected chi connectivity index (χ1v) is 4.46. The van der Waals surface area contributed by atoms with Crippen molar-refractivity contribution in [2.75, 3.05) is 13.2 Å². The molecule has 0 radical (unpaired) electrons. The highest BCUT2D eigenvalue weighted by atomic mass is 16.7. The predicted octanol–water partition coefficient (Wildman–Crippen LogP) is 0.775. The van der Waals surface area contributed by atoms with E-state index in [-0.39, 0.29) is 6.29 Å². The highest BCUT2D eigenvalue weighted by molar-refractivity contribution is 5.47. The Morgan fingerprint density at radius 1 is 1.36 bits per heavy atom. The molecule has 0 aromatic carbocycles. The third kappa shape index (κ3) is 1.10. The molecule has 1 fully saturated rings. The molecule has 14 heavy (non-hydrogen) atoms. The second-order valence-corrected chi connectivity index (χ2v) is 3.10. The third-order valence-electron chi connectivity index (χ3n) is 2.23. The second kappa shape index (κ2) is 3.04. The molecule has 1 saturated heterocycles. The van der Waals surface area contributed by atoms with Crippen LogP contribution in [0.3, 0.4) is 0 Å². The van der Waals surface area contributed by atoms with Crippen LogP contribution in [0, 0.1) is 0 Å². The second-order valence-electron chi connectivity index (χ2n) is 3.10. The van der Waals surface area contributed by atoms with Gasteiger partial charge in [-0.3, -0.25) is 4.40 Å². The van der Waals surface area contributed by atoms with Crippen LogP contribution >= 0.6 is 0 Å². The van der Waals surface area contributed by atoms with Crippen molar-refractivity contribution in [2.45, 2.75) is 6.29 Å². The van der Waals surface area contributed by atoms with Crippen molar-refractivity contribution in [1.29, 1.82) is 0 Å².